The number of rotatable bonds is 1. The Morgan fingerprint density at radius 3 is 1.67 bits per heavy atom. The SMILES string of the molecule is CCOC(=O)O.COC(=O)OC. The van der Waals surface area contributed by atoms with Gasteiger partial charge in [-0.3, -0.25) is 0 Å². The van der Waals surface area contributed by atoms with Crippen LogP contribution in [0.15, 0.2) is 0 Å². The highest BCUT2D eigenvalue weighted by atomic mass is 16.7. The number of hydrogen-bond donors (Lipinski definition) is 1. The van der Waals surface area contributed by atoms with Gasteiger partial charge in [0.1, 0.15) is 0 Å². The molecule has 0 aromatic heterocycles. The minimum atomic E-state index is -1.21. The first-order valence-corrected chi connectivity index (χ1v) is 3.06. The maximum atomic E-state index is 9.74. The zero-order chi connectivity index (χ0) is 9.98. The summed E-state index contributed by atoms with van der Waals surface area (Å²) in [6.07, 6.45) is -1.87. The second-order valence-corrected chi connectivity index (χ2v) is 1.36. The quantitative estimate of drug-likeness (QED) is 0.608. The molecule has 0 fully saturated rings. The van der Waals surface area contributed by atoms with E-state index in [1.54, 1.807) is 6.92 Å². The first-order valence-electron chi connectivity index (χ1n) is 3.06. The van der Waals surface area contributed by atoms with E-state index in [4.69, 9.17) is 5.11 Å². The molecule has 0 spiro atoms. The summed E-state index contributed by atoms with van der Waals surface area (Å²) in [6.45, 7) is 1.85. The van der Waals surface area contributed by atoms with Gasteiger partial charge in [0, 0.05) is 0 Å². The van der Waals surface area contributed by atoms with Gasteiger partial charge in [0.15, 0.2) is 0 Å². The molecule has 0 radical (unpaired) electrons. The van der Waals surface area contributed by atoms with Gasteiger partial charge in [0.2, 0.25) is 0 Å². The molecule has 1 N–H and O–H groups in total. The fourth-order valence-corrected chi connectivity index (χ4v) is 0.207. The van der Waals surface area contributed by atoms with Crippen LogP contribution < -0.4 is 0 Å². The van der Waals surface area contributed by atoms with Crippen molar-refractivity contribution in [3.63, 3.8) is 0 Å². The van der Waals surface area contributed by atoms with Crippen molar-refractivity contribution < 1.29 is 28.9 Å². The summed E-state index contributed by atoms with van der Waals surface area (Å²) < 4.78 is 12.0. The molecule has 0 aliphatic heterocycles. The van der Waals surface area contributed by atoms with E-state index >= 15 is 0 Å². The average Bonchev–Trinajstić information content (AvgIpc) is 2.04. The minimum absolute atomic E-state index is 0.231. The Labute approximate surface area is 70.0 Å². The van der Waals surface area contributed by atoms with E-state index in [2.05, 4.69) is 14.2 Å². The van der Waals surface area contributed by atoms with Crippen LogP contribution in [-0.4, -0.2) is 38.2 Å². The summed E-state index contributed by atoms with van der Waals surface area (Å²) in [5, 5.41) is 7.69. The van der Waals surface area contributed by atoms with Crippen molar-refractivity contribution >= 4 is 12.3 Å². The van der Waals surface area contributed by atoms with E-state index in [9.17, 15) is 9.59 Å². The van der Waals surface area contributed by atoms with Crippen LogP contribution in [0, 0.1) is 0 Å². The molecular weight excluding hydrogens is 168 g/mol. The molecule has 0 atom stereocenters. The summed E-state index contributed by atoms with van der Waals surface area (Å²) in [4.78, 5) is 19.1. The van der Waals surface area contributed by atoms with Crippen molar-refractivity contribution in [1.29, 1.82) is 0 Å². The molecule has 6 nitrogen and oxygen atoms in total. The Morgan fingerprint density at radius 1 is 1.25 bits per heavy atom. The van der Waals surface area contributed by atoms with Crippen LogP contribution in [-0.2, 0) is 14.2 Å². The van der Waals surface area contributed by atoms with Crippen molar-refractivity contribution in [2.75, 3.05) is 20.8 Å². The van der Waals surface area contributed by atoms with Crippen LogP contribution in [0.4, 0.5) is 9.59 Å². The highest BCUT2D eigenvalue weighted by molar-refractivity contribution is 5.59. The lowest BCUT2D eigenvalue weighted by Crippen LogP contribution is -1.97. The van der Waals surface area contributed by atoms with Crippen molar-refractivity contribution in [2.45, 2.75) is 6.92 Å². The molecule has 0 saturated heterocycles. The summed E-state index contributed by atoms with van der Waals surface area (Å²) in [5.41, 5.74) is 0. The molecule has 0 rings (SSSR count). The summed E-state index contributed by atoms with van der Waals surface area (Å²) in [7, 11) is 2.51. The number of carbonyl (C=O) groups is 2. The molecule has 0 heterocycles. The number of methoxy groups -OCH3 is 2. The molecule has 0 unspecified atom stereocenters. The Bertz CT molecular complexity index is 126. The molecular formula is C6H12O6. The monoisotopic (exact) mass is 180 g/mol. The average molecular weight is 180 g/mol. The summed E-state index contributed by atoms with van der Waals surface area (Å²) >= 11 is 0. The van der Waals surface area contributed by atoms with Gasteiger partial charge in [0.05, 0.1) is 20.8 Å². The van der Waals surface area contributed by atoms with Crippen LogP contribution in [0.25, 0.3) is 0 Å². The van der Waals surface area contributed by atoms with Crippen LogP contribution in [0.2, 0.25) is 0 Å². The van der Waals surface area contributed by atoms with Crippen LogP contribution >= 0.6 is 0 Å². The lowest BCUT2D eigenvalue weighted by molar-refractivity contribution is 0.0921. The number of carbonyl (C=O) groups excluding carboxylic acids is 1. The first-order chi connectivity index (χ1) is 5.58. The van der Waals surface area contributed by atoms with E-state index < -0.39 is 12.3 Å². The smallest absolute Gasteiger partial charge is 0.450 e. The largest absolute Gasteiger partial charge is 0.507 e. The lowest BCUT2D eigenvalue weighted by atomic mass is 10.9. The summed E-state index contributed by atoms with van der Waals surface area (Å²) in [6, 6.07) is 0. The van der Waals surface area contributed by atoms with Crippen molar-refractivity contribution in [3.8, 4) is 0 Å². The zero-order valence-electron chi connectivity index (χ0n) is 7.20. The molecule has 0 saturated carbocycles. The van der Waals surface area contributed by atoms with Crippen molar-refractivity contribution in [1.82, 2.24) is 0 Å². The van der Waals surface area contributed by atoms with Crippen molar-refractivity contribution in [3.05, 3.63) is 0 Å². The van der Waals surface area contributed by atoms with Gasteiger partial charge in [-0.05, 0) is 6.92 Å². The molecule has 72 valence electrons. The van der Waals surface area contributed by atoms with Gasteiger partial charge in [0.25, 0.3) is 0 Å². The highest BCUT2D eigenvalue weighted by Crippen LogP contribution is 1.72. The predicted octanol–water partition coefficient (Wildman–Crippen LogP) is 1.10. The minimum Gasteiger partial charge on any atom is -0.450 e. The van der Waals surface area contributed by atoms with Gasteiger partial charge in [-0.2, -0.15) is 0 Å². The van der Waals surface area contributed by atoms with E-state index in [-0.39, 0.29) is 6.61 Å². The molecule has 0 aromatic rings. The molecule has 0 amide bonds. The first kappa shape index (κ1) is 13.2. The molecule has 0 bridgehead atoms. The van der Waals surface area contributed by atoms with Gasteiger partial charge in [-0.25, -0.2) is 9.59 Å². The Morgan fingerprint density at radius 2 is 1.67 bits per heavy atom. The van der Waals surface area contributed by atoms with Crippen LogP contribution in [0.1, 0.15) is 6.92 Å². The van der Waals surface area contributed by atoms with E-state index in [1.807, 2.05) is 0 Å². The highest BCUT2D eigenvalue weighted by Gasteiger charge is 1.88. The number of ether oxygens (including phenoxy) is 3. The van der Waals surface area contributed by atoms with Gasteiger partial charge in [-0.15, -0.1) is 0 Å². The second-order valence-electron chi connectivity index (χ2n) is 1.36. The molecule has 12 heavy (non-hydrogen) atoms. The predicted molar refractivity (Wildman–Crippen MR) is 39.1 cm³/mol. The third-order valence-electron chi connectivity index (χ3n) is 0.601. The Hall–Kier alpha value is -1.46. The topological polar surface area (TPSA) is 82.1 Å². The zero-order valence-corrected chi connectivity index (χ0v) is 7.20. The number of hydrogen-bond acceptors (Lipinski definition) is 5. The Balaban J connectivity index is 0. The maximum absolute atomic E-state index is 9.74. The van der Waals surface area contributed by atoms with Crippen molar-refractivity contribution in [2.24, 2.45) is 0 Å². The fourth-order valence-electron chi connectivity index (χ4n) is 0.207. The van der Waals surface area contributed by atoms with Crippen LogP contribution in [0.5, 0.6) is 0 Å². The van der Waals surface area contributed by atoms with Gasteiger partial charge in [-0.1, -0.05) is 0 Å². The third kappa shape index (κ3) is 15.8. The van der Waals surface area contributed by atoms with Crippen LogP contribution in [0.3, 0.4) is 0 Å². The normalized spacial score (nSPS) is 7.25. The molecule has 0 aliphatic carbocycles. The fraction of sp³-hybridized carbons (Fsp3) is 0.667. The molecule has 6 heteroatoms. The van der Waals surface area contributed by atoms with E-state index in [1.165, 1.54) is 14.2 Å². The standard InChI is InChI=1S/2C3H6O3/c1-5-3(4)6-2;1-2-6-3(4)5/h1-2H3;2H2,1H3,(H,4,5). The second kappa shape index (κ2) is 9.54. The maximum Gasteiger partial charge on any atom is 0.507 e. The lowest BCUT2D eigenvalue weighted by Gasteiger charge is -1.89. The van der Waals surface area contributed by atoms with Gasteiger partial charge < -0.3 is 19.3 Å². The van der Waals surface area contributed by atoms with Gasteiger partial charge >= 0.3 is 12.3 Å². The Kier molecular flexibility index (Phi) is 10.5. The molecule has 0 aliphatic rings. The summed E-state index contributed by atoms with van der Waals surface area (Å²) in [5.74, 6) is 0. The number of carboxylic acid groups (broad SMARTS) is 1. The third-order valence-corrected chi connectivity index (χ3v) is 0.601. The van der Waals surface area contributed by atoms with E-state index in [0.717, 1.165) is 0 Å². The molecule has 0 aromatic carbocycles. The van der Waals surface area contributed by atoms with E-state index in [0.29, 0.717) is 0 Å².